The number of aromatic nitrogens is 2. The van der Waals surface area contributed by atoms with Crippen molar-refractivity contribution in [1.82, 2.24) is 19.8 Å². The second kappa shape index (κ2) is 13.2. The number of halogens is 1. The number of carbonyl (C=O) groups is 1. The molecule has 0 spiro atoms. The zero-order valence-corrected chi connectivity index (χ0v) is 22.6. The maximum atomic E-state index is 14.9. The molecule has 0 saturated carbocycles. The van der Waals surface area contributed by atoms with Gasteiger partial charge in [0.2, 0.25) is 11.8 Å². The Morgan fingerprint density at radius 2 is 1.92 bits per heavy atom. The SMILES string of the molecule is Cc1c(Oc2ccc(CCN3CCC[C@H](CO)C3)cc2F)ncnc1OC1CCN(C(=O)OC(C)C)CC1. The summed E-state index contributed by atoms with van der Waals surface area (Å²) in [5.74, 6) is 0.607. The summed E-state index contributed by atoms with van der Waals surface area (Å²) in [4.78, 5) is 24.6. The highest BCUT2D eigenvalue weighted by Gasteiger charge is 2.26. The van der Waals surface area contributed by atoms with Gasteiger partial charge in [0.1, 0.15) is 12.4 Å². The van der Waals surface area contributed by atoms with Crippen molar-refractivity contribution in [3.63, 3.8) is 0 Å². The molecule has 10 heteroatoms. The molecule has 1 N–H and O–H groups in total. The number of ether oxygens (including phenoxy) is 3. The summed E-state index contributed by atoms with van der Waals surface area (Å²) in [5.41, 5.74) is 1.48. The molecule has 2 aliphatic heterocycles. The first-order valence-corrected chi connectivity index (χ1v) is 13.6. The number of amides is 1. The number of benzene rings is 1. The summed E-state index contributed by atoms with van der Waals surface area (Å²) in [6.45, 7) is 9.49. The van der Waals surface area contributed by atoms with Crippen molar-refractivity contribution in [3.8, 4) is 17.5 Å². The molecule has 208 valence electrons. The molecule has 4 rings (SSSR count). The molecule has 3 heterocycles. The van der Waals surface area contributed by atoms with E-state index >= 15 is 0 Å². The van der Waals surface area contributed by atoms with Gasteiger partial charge < -0.3 is 29.1 Å². The highest BCUT2D eigenvalue weighted by Crippen LogP contribution is 2.31. The van der Waals surface area contributed by atoms with Gasteiger partial charge in [-0.3, -0.25) is 0 Å². The third-order valence-corrected chi connectivity index (χ3v) is 7.09. The molecule has 0 unspecified atom stereocenters. The van der Waals surface area contributed by atoms with Crippen molar-refractivity contribution in [2.75, 3.05) is 39.3 Å². The molecular formula is C28H39FN4O5. The van der Waals surface area contributed by atoms with E-state index in [0.29, 0.717) is 43.3 Å². The monoisotopic (exact) mass is 530 g/mol. The number of aliphatic hydroxyl groups excluding tert-OH is 1. The summed E-state index contributed by atoms with van der Waals surface area (Å²) in [6, 6.07) is 5.01. The van der Waals surface area contributed by atoms with Crippen LogP contribution < -0.4 is 9.47 Å². The molecule has 0 aliphatic carbocycles. The predicted octanol–water partition coefficient (Wildman–Crippen LogP) is 4.35. The lowest BCUT2D eigenvalue weighted by Gasteiger charge is -2.32. The Hall–Kier alpha value is -2.98. The van der Waals surface area contributed by atoms with Crippen LogP contribution >= 0.6 is 0 Å². The molecule has 2 aliphatic rings. The van der Waals surface area contributed by atoms with E-state index in [2.05, 4.69) is 14.9 Å². The molecule has 1 atom stereocenters. The Balaban J connectivity index is 1.31. The van der Waals surface area contributed by atoms with Crippen LogP contribution in [0.1, 0.15) is 50.7 Å². The van der Waals surface area contributed by atoms with Gasteiger partial charge in [-0.1, -0.05) is 6.07 Å². The van der Waals surface area contributed by atoms with Gasteiger partial charge in [0.15, 0.2) is 11.6 Å². The third kappa shape index (κ3) is 7.54. The van der Waals surface area contributed by atoms with Gasteiger partial charge in [0, 0.05) is 45.6 Å². The van der Waals surface area contributed by atoms with Crippen molar-refractivity contribution in [2.45, 2.75) is 65.1 Å². The molecule has 2 saturated heterocycles. The molecule has 2 aromatic rings. The van der Waals surface area contributed by atoms with Crippen molar-refractivity contribution in [2.24, 2.45) is 5.92 Å². The number of carbonyl (C=O) groups excluding carboxylic acids is 1. The van der Waals surface area contributed by atoms with E-state index in [9.17, 15) is 14.3 Å². The van der Waals surface area contributed by atoms with E-state index in [1.54, 1.807) is 17.9 Å². The summed E-state index contributed by atoms with van der Waals surface area (Å²) < 4.78 is 32.1. The summed E-state index contributed by atoms with van der Waals surface area (Å²) >= 11 is 0. The van der Waals surface area contributed by atoms with Crippen molar-refractivity contribution in [1.29, 1.82) is 0 Å². The van der Waals surface area contributed by atoms with Crippen LogP contribution in [-0.4, -0.2) is 82.5 Å². The highest BCUT2D eigenvalue weighted by molar-refractivity contribution is 5.67. The maximum Gasteiger partial charge on any atom is 0.410 e. The molecule has 1 amide bonds. The van der Waals surface area contributed by atoms with Gasteiger partial charge in [-0.05, 0) is 70.2 Å². The Morgan fingerprint density at radius 3 is 2.63 bits per heavy atom. The number of nitrogens with zero attached hydrogens (tertiary/aromatic N) is 4. The standard InChI is InChI=1S/C28H39FN4O5/c1-19(2)36-28(35)33-13-9-23(10-14-33)37-26-20(3)27(31-18-30-26)38-25-7-6-21(15-24(25)29)8-12-32-11-4-5-22(16-32)17-34/h6-7,15,18-19,22-23,34H,4-5,8-14,16-17H2,1-3H3/t22-/m0/s1. The van der Waals surface area contributed by atoms with Gasteiger partial charge in [0.05, 0.1) is 11.7 Å². The first-order valence-electron chi connectivity index (χ1n) is 13.6. The van der Waals surface area contributed by atoms with Crippen LogP contribution in [-0.2, 0) is 11.2 Å². The molecule has 38 heavy (non-hydrogen) atoms. The van der Waals surface area contributed by atoms with Gasteiger partial charge in [-0.2, -0.15) is 0 Å². The minimum Gasteiger partial charge on any atom is -0.474 e. The maximum absolute atomic E-state index is 14.9. The van der Waals surface area contributed by atoms with E-state index in [0.717, 1.165) is 44.5 Å². The van der Waals surface area contributed by atoms with Crippen LogP contribution in [0, 0.1) is 18.7 Å². The fraction of sp³-hybridized carbons (Fsp3) is 0.607. The second-order valence-corrected chi connectivity index (χ2v) is 10.5. The summed E-state index contributed by atoms with van der Waals surface area (Å²) in [7, 11) is 0. The van der Waals surface area contributed by atoms with E-state index in [-0.39, 0.29) is 36.5 Å². The Morgan fingerprint density at radius 1 is 1.16 bits per heavy atom. The normalized spacial score (nSPS) is 19.0. The lowest BCUT2D eigenvalue weighted by Crippen LogP contribution is -2.42. The minimum atomic E-state index is -0.449. The van der Waals surface area contributed by atoms with Crippen LogP contribution in [0.5, 0.6) is 17.5 Å². The quantitative estimate of drug-likeness (QED) is 0.511. The zero-order valence-electron chi connectivity index (χ0n) is 22.6. The summed E-state index contributed by atoms with van der Waals surface area (Å²) in [5, 5.41) is 9.43. The Labute approximate surface area is 223 Å². The van der Waals surface area contributed by atoms with E-state index in [1.165, 1.54) is 12.4 Å². The van der Waals surface area contributed by atoms with Crippen LogP contribution in [0.4, 0.5) is 9.18 Å². The molecule has 1 aromatic carbocycles. The smallest absolute Gasteiger partial charge is 0.410 e. The van der Waals surface area contributed by atoms with Gasteiger partial charge in [0.25, 0.3) is 0 Å². The van der Waals surface area contributed by atoms with Gasteiger partial charge >= 0.3 is 6.09 Å². The first-order chi connectivity index (χ1) is 18.3. The van der Waals surface area contributed by atoms with Crippen molar-refractivity contribution >= 4 is 6.09 Å². The first kappa shape index (κ1) is 28.0. The largest absolute Gasteiger partial charge is 0.474 e. The molecule has 0 radical (unpaired) electrons. The van der Waals surface area contributed by atoms with E-state index < -0.39 is 5.82 Å². The average molecular weight is 531 g/mol. The predicted molar refractivity (Wildman–Crippen MR) is 140 cm³/mol. The number of rotatable bonds is 9. The number of piperidine rings is 2. The van der Waals surface area contributed by atoms with Crippen LogP contribution in [0.3, 0.4) is 0 Å². The third-order valence-electron chi connectivity index (χ3n) is 7.09. The number of aliphatic hydroxyl groups is 1. The molecule has 9 nitrogen and oxygen atoms in total. The van der Waals surface area contributed by atoms with Crippen LogP contribution in [0.2, 0.25) is 0 Å². The van der Waals surface area contributed by atoms with E-state index in [1.807, 2.05) is 19.9 Å². The number of hydrogen-bond acceptors (Lipinski definition) is 8. The van der Waals surface area contributed by atoms with Gasteiger partial charge in [-0.15, -0.1) is 0 Å². The molecule has 2 fully saturated rings. The zero-order chi connectivity index (χ0) is 27.1. The Bertz CT molecular complexity index is 1080. The van der Waals surface area contributed by atoms with Crippen LogP contribution in [0.25, 0.3) is 0 Å². The topological polar surface area (TPSA) is 97.3 Å². The molecular weight excluding hydrogens is 491 g/mol. The highest BCUT2D eigenvalue weighted by atomic mass is 19.1. The van der Waals surface area contributed by atoms with Gasteiger partial charge in [-0.25, -0.2) is 19.2 Å². The Kier molecular flexibility index (Phi) is 9.74. The fourth-order valence-corrected chi connectivity index (χ4v) is 4.91. The lowest BCUT2D eigenvalue weighted by atomic mass is 9.98. The number of hydrogen-bond donors (Lipinski definition) is 1. The van der Waals surface area contributed by atoms with E-state index in [4.69, 9.17) is 14.2 Å². The lowest BCUT2D eigenvalue weighted by molar-refractivity contribution is 0.0505. The second-order valence-electron chi connectivity index (χ2n) is 10.5. The molecule has 1 aromatic heterocycles. The molecule has 0 bridgehead atoms. The van der Waals surface area contributed by atoms with Crippen LogP contribution in [0.15, 0.2) is 24.5 Å². The van der Waals surface area contributed by atoms with Crippen molar-refractivity contribution in [3.05, 3.63) is 41.5 Å². The average Bonchev–Trinajstić information content (AvgIpc) is 2.91. The number of likely N-dealkylation sites (tertiary alicyclic amines) is 2. The van der Waals surface area contributed by atoms with Crippen molar-refractivity contribution < 1.29 is 28.5 Å². The fourth-order valence-electron chi connectivity index (χ4n) is 4.91. The summed E-state index contributed by atoms with van der Waals surface area (Å²) in [6.07, 6.45) is 4.97. The minimum absolute atomic E-state index is 0.0943.